The van der Waals surface area contributed by atoms with E-state index in [1.54, 1.807) is 0 Å². The number of rotatable bonds is 5. The van der Waals surface area contributed by atoms with Gasteiger partial charge in [0.15, 0.2) is 11.6 Å². The highest BCUT2D eigenvalue weighted by molar-refractivity contribution is 5.62. The van der Waals surface area contributed by atoms with Crippen molar-refractivity contribution < 1.29 is 9.13 Å². The van der Waals surface area contributed by atoms with Crippen LogP contribution < -0.4 is 9.13 Å². The first kappa shape index (κ1) is 25.8. The van der Waals surface area contributed by atoms with E-state index in [4.69, 9.17) is 0 Å². The molecule has 4 aromatic rings. The van der Waals surface area contributed by atoms with Gasteiger partial charge < -0.3 is 0 Å². The van der Waals surface area contributed by atoms with Gasteiger partial charge in [-0.2, -0.15) is 4.57 Å². The fourth-order valence-corrected chi connectivity index (χ4v) is 5.83. The first-order valence-electron chi connectivity index (χ1n) is 13.0. The van der Waals surface area contributed by atoms with E-state index in [9.17, 15) is 0 Å². The van der Waals surface area contributed by atoms with Gasteiger partial charge in [-0.25, -0.2) is 4.57 Å². The van der Waals surface area contributed by atoms with Crippen LogP contribution in [-0.2, 0) is 25.9 Å². The van der Waals surface area contributed by atoms with Crippen molar-refractivity contribution in [3.63, 3.8) is 0 Å². The second-order valence-electron chi connectivity index (χ2n) is 11.9. The third kappa shape index (κ3) is 4.87. The summed E-state index contributed by atoms with van der Waals surface area (Å²) in [5, 5.41) is 0. The van der Waals surface area contributed by atoms with Crippen LogP contribution in [0.4, 0.5) is 0 Å². The largest absolute Gasteiger partial charge is 0.212 e. The minimum absolute atomic E-state index is 0.226. The average Bonchev–Trinajstić information content (AvgIpc) is 2.80. The van der Waals surface area contributed by atoms with Crippen LogP contribution in [0.2, 0.25) is 0 Å². The van der Waals surface area contributed by atoms with Gasteiger partial charge in [0.2, 0.25) is 17.1 Å². The maximum absolute atomic E-state index is 2.43. The van der Waals surface area contributed by atoms with E-state index < -0.39 is 0 Å². The molecule has 2 heteroatoms. The first-order valence-corrected chi connectivity index (χ1v) is 13.0. The summed E-state index contributed by atoms with van der Waals surface area (Å²) >= 11 is 0. The molecule has 0 saturated carbocycles. The van der Waals surface area contributed by atoms with E-state index in [1.165, 1.54) is 50.5 Å². The Morgan fingerprint density at radius 2 is 1.42 bits per heavy atom. The number of nitrogens with zero attached hydrogens (tertiary/aromatic N) is 2. The van der Waals surface area contributed by atoms with Crippen molar-refractivity contribution >= 4 is 0 Å². The maximum Gasteiger partial charge on any atom is 0.212 e. The number of hydrogen-bond donors (Lipinski definition) is 0. The zero-order valence-electron chi connectivity index (χ0n) is 23.6. The van der Waals surface area contributed by atoms with E-state index in [0.717, 1.165) is 6.42 Å². The molecule has 0 aliphatic heterocycles. The Labute approximate surface area is 218 Å². The fourth-order valence-electron chi connectivity index (χ4n) is 5.83. The van der Waals surface area contributed by atoms with Gasteiger partial charge in [0.05, 0.1) is 0 Å². The molecule has 2 aromatic carbocycles. The molecule has 1 unspecified atom stereocenters. The minimum Gasteiger partial charge on any atom is -0.204 e. The fraction of sp³-hybridized carbons (Fsp3) is 0.353. The van der Waals surface area contributed by atoms with E-state index in [0.29, 0.717) is 0 Å². The van der Waals surface area contributed by atoms with E-state index >= 15 is 0 Å². The lowest BCUT2D eigenvalue weighted by Crippen LogP contribution is -2.50. The number of hydrogen-bond acceptors (Lipinski definition) is 0. The lowest BCUT2D eigenvalue weighted by molar-refractivity contribution is -0.692. The van der Waals surface area contributed by atoms with Crippen LogP contribution in [0.3, 0.4) is 0 Å². The Hall–Kier alpha value is -3.26. The number of aromatic nitrogens is 2. The zero-order valence-corrected chi connectivity index (χ0v) is 23.6. The smallest absolute Gasteiger partial charge is 0.204 e. The van der Waals surface area contributed by atoms with E-state index in [-0.39, 0.29) is 10.8 Å². The van der Waals surface area contributed by atoms with Crippen LogP contribution in [0.15, 0.2) is 79.0 Å². The first-order chi connectivity index (χ1) is 16.9. The molecule has 0 aliphatic carbocycles. The van der Waals surface area contributed by atoms with Crippen molar-refractivity contribution in [3.05, 3.63) is 118 Å². The van der Waals surface area contributed by atoms with Crippen molar-refractivity contribution in [2.24, 2.45) is 19.5 Å². The average molecular weight is 479 g/mol. The van der Waals surface area contributed by atoms with Crippen LogP contribution in [0.25, 0.3) is 11.3 Å². The molecule has 0 aliphatic rings. The highest BCUT2D eigenvalue weighted by Gasteiger charge is 2.46. The second-order valence-corrected chi connectivity index (χ2v) is 11.9. The van der Waals surface area contributed by atoms with Gasteiger partial charge in [-0.3, -0.25) is 0 Å². The third-order valence-electron chi connectivity index (χ3n) is 7.55. The summed E-state index contributed by atoms with van der Waals surface area (Å²) in [5.74, 6) is 0. The van der Waals surface area contributed by atoms with Crippen molar-refractivity contribution in [1.29, 1.82) is 0 Å². The summed E-state index contributed by atoms with van der Waals surface area (Å²) in [7, 11) is 4.40. The van der Waals surface area contributed by atoms with Crippen molar-refractivity contribution in [1.82, 2.24) is 0 Å². The van der Waals surface area contributed by atoms with E-state index in [2.05, 4.69) is 151 Å². The lowest BCUT2D eigenvalue weighted by Gasteiger charge is -2.28. The number of pyridine rings is 2. The summed E-state index contributed by atoms with van der Waals surface area (Å²) in [4.78, 5) is 0. The molecular weight excluding hydrogens is 436 g/mol. The Morgan fingerprint density at radius 1 is 0.694 bits per heavy atom. The maximum atomic E-state index is 2.43. The summed E-state index contributed by atoms with van der Waals surface area (Å²) < 4.78 is 4.71. The third-order valence-corrected chi connectivity index (χ3v) is 7.55. The molecule has 0 bridgehead atoms. The molecular formula is C34H42N2+2. The summed E-state index contributed by atoms with van der Waals surface area (Å²) in [6, 6.07) is 27.1. The SMILES string of the molecule is Cc1ccc(-c2cccc(C(C)(c3ccccc3C)c3cc(CC(C)(C)C)cc[n+]3C)[n+]2C)c(C)c1. The van der Waals surface area contributed by atoms with Crippen molar-refractivity contribution in [3.8, 4) is 11.3 Å². The molecule has 4 rings (SSSR count). The minimum atomic E-state index is -0.350. The van der Waals surface area contributed by atoms with Gasteiger partial charge in [0.25, 0.3) is 0 Å². The zero-order chi connectivity index (χ0) is 26.3. The van der Waals surface area contributed by atoms with Crippen LogP contribution in [-0.4, -0.2) is 0 Å². The van der Waals surface area contributed by atoms with Crippen LogP contribution in [0.5, 0.6) is 0 Å². The van der Waals surface area contributed by atoms with Gasteiger partial charge in [0.1, 0.15) is 14.1 Å². The van der Waals surface area contributed by atoms with Gasteiger partial charge in [0, 0.05) is 29.8 Å². The molecule has 2 heterocycles. The second kappa shape index (κ2) is 9.65. The Morgan fingerprint density at radius 3 is 2.08 bits per heavy atom. The van der Waals surface area contributed by atoms with Crippen LogP contribution >= 0.6 is 0 Å². The van der Waals surface area contributed by atoms with Gasteiger partial charge in [-0.15, -0.1) is 0 Å². The molecule has 0 N–H and O–H groups in total. The molecule has 186 valence electrons. The van der Waals surface area contributed by atoms with Gasteiger partial charge in [-0.1, -0.05) is 62.7 Å². The highest BCUT2D eigenvalue weighted by atomic mass is 15.0. The molecule has 2 nitrogen and oxygen atoms in total. The normalized spacial score (nSPS) is 13.5. The highest BCUT2D eigenvalue weighted by Crippen LogP contribution is 2.38. The molecule has 0 radical (unpaired) electrons. The molecule has 2 aromatic heterocycles. The summed E-state index contributed by atoms with van der Waals surface area (Å²) in [6.07, 6.45) is 3.28. The topological polar surface area (TPSA) is 7.76 Å². The predicted molar refractivity (Wildman–Crippen MR) is 150 cm³/mol. The van der Waals surface area contributed by atoms with Gasteiger partial charge in [-0.05, 0) is 73.9 Å². The predicted octanol–water partition coefficient (Wildman–Crippen LogP) is 6.87. The lowest BCUT2D eigenvalue weighted by atomic mass is 9.73. The number of aryl methyl sites for hydroxylation is 4. The quantitative estimate of drug-likeness (QED) is 0.277. The molecule has 0 amide bonds. The van der Waals surface area contributed by atoms with Crippen molar-refractivity contribution in [2.45, 2.75) is 60.3 Å². The Kier molecular flexibility index (Phi) is 6.92. The van der Waals surface area contributed by atoms with Crippen LogP contribution in [0, 0.1) is 26.2 Å². The molecule has 0 saturated heterocycles. The molecule has 1 atom stereocenters. The Bertz CT molecular complexity index is 1410. The number of benzene rings is 2. The van der Waals surface area contributed by atoms with Gasteiger partial charge >= 0.3 is 0 Å². The molecule has 0 fully saturated rings. The molecule has 0 spiro atoms. The van der Waals surface area contributed by atoms with E-state index in [1.807, 2.05) is 0 Å². The molecule has 36 heavy (non-hydrogen) atoms. The Balaban J connectivity index is 2.03. The summed E-state index contributed by atoms with van der Waals surface area (Å²) in [5.41, 5.74) is 11.6. The monoisotopic (exact) mass is 478 g/mol. The van der Waals surface area contributed by atoms with Crippen molar-refractivity contribution in [2.75, 3.05) is 0 Å². The standard InChI is InChI=1S/C34H42N2/c1-24-17-18-28(26(3)21-24)30-15-12-16-31(36(30)9)34(7,29-14-11-10-13-25(29)2)32-22-27(19-20-35(32)8)23-33(4,5)6/h10-22H,23H2,1-9H3/q+2. The summed E-state index contributed by atoms with van der Waals surface area (Å²) in [6.45, 7) is 15.9. The van der Waals surface area contributed by atoms with Crippen LogP contribution in [0.1, 0.15) is 66.9 Å².